The zero-order valence-electron chi connectivity index (χ0n) is 14.1. The van der Waals surface area contributed by atoms with Crippen LogP contribution in [-0.2, 0) is 0 Å². The molecule has 3 nitrogen and oxygen atoms in total. The third-order valence-electron chi connectivity index (χ3n) is 4.83. The summed E-state index contributed by atoms with van der Waals surface area (Å²) in [6.07, 6.45) is 3.47. The van der Waals surface area contributed by atoms with Crippen molar-refractivity contribution in [3.05, 3.63) is 58.7 Å². The molecule has 0 unspecified atom stereocenters. The molecule has 3 aromatic rings. The maximum absolute atomic E-state index is 13.8. The van der Waals surface area contributed by atoms with E-state index in [1.807, 2.05) is 18.2 Å². The summed E-state index contributed by atoms with van der Waals surface area (Å²) in [6.45, 7) is 1.61. The van der Waals surface area contributed by atoms with Crippen molar-refractivity contribution in [2.45, 2.75) is 18.9 Å². The van der Waals surface area contributed by atoms with Gasteiger partial charge in [-0.15, -0.1) is 0 Å². The highest BCUT2D eigenvalue weighted by Gasteiger charge is 2.22. The zero-order chi connectivity index (χ0) is 18.3. The van der Waals surface area contributed by atoms with Crippen LogP contribution in [0.2, 0.25) is 0 Å². The largest absolute Gasteiger partial charge is 0.370 e. The monoisotopic (exact) mass is 417 g/mol. The molecule has 0 amide bonds. The first kappa shape index (κ1) is 17.4. The molecule has 2 heterocycles. The number of rotatable bonds is 2. The second-order valence-electron chi connectivity index (χ2n) is 6.66. The van der Waals surface area contributed by atoms with E-state index in [9.17, 15) is 8.78 Å². The van der Waals surface area contributed by atoms with Crippen LogP contribution in [0.5, 0.6) is 0 Å². The fraction of sp³-hybridized carbons (Fsp3) is 0.250. The molecule has 0 saturated carbocycles. The molecule has 0 bridgehead atoms. The fourth-order valence-electron chi connectivity index (χ4n) is 3.54. The molecular formula is C20H18BrF2N3. The SMILES string of the molecule is NC1CCN(c2c(-c3cc(F)cc(F)c3)cnc3ccc(Br)cc23)CC1. The van der Waals surface area contributed by atoms with Crippen molar-refractivity contribution < 1.29 is 8.78 Å². The molecule has 0 aliphatic carbocycles. The van der Waals surface area contributed by atoms with Gasteiger partial charge in [-0.3, -0.25) is 4.98 Å². The van der Waals surface area contributed by atoms with Crippen LogP contribution < -0.4 is 10.6 Å². The average molecular weight is 418 g/mol. The van der Waals surface area contributed by atoms with E-state index in [-0.39, 0.29) is 6.04 Å². The molecular weight excluding hydrogens is 400 g/mol. The maximum atomic E-state index is 13.8. The molecule has 134 valence electrons. The summed E-state index contributed by atoms with van der Waals surface area (Å²) in [5.74, 6) is -1.19. The number of nitrogens with two attached hydrogens (primary N) is 1. The Morgan fingerprint density at radius 1 is 1.04 bits per heavy atom. The van der Waals surface area contributed by atoms with Crippen LogP contribution in [0.3, 0.4) is 0 Å². The van der Waals surface area contributed by atoms with E-state index in [4.69, 9.17) is 5.73 Å². The molecule has 1 saturated heterocycles. The van der Waals surface area contributed by atoms with Gasteiger partial charge in [-0.25, -0.2) is 8.78 Å². The van der Waals surface area contributed by atoms with E-state index in [1.54, 1.807) is 6.20 Å². The van der Waals surface area contributed by atoms with Gasteiger partial charge in [-0.05, 0) is 48.7 Å². The van der Waals surface area contributed by atoms with Gasteiger partial charge in [-0.2, -0.15) is 0 Å². The fourth-order valence-corrected chi connectivity index (χ4v) is 3.90. The second kappa shape index (κ2) is 6.93. The minimum absolute atomic E-state index is 0.196. The van der Waals surface area contributed by atoms with E-state index in [1.165, 1.54) is 12.1 Å². The molecule has 1 aromatic heterocycles. The second-order valence-corrected chi connectivity index (χ2v) is 7.58. The minimum atomic E-state index is -0.596. The number of nitrogens with zero attached hydrogens (tertiary/aromatic N) is 2. The van der Waals surface area contributed by atoms with Gasteiger partial charge in [-0.1, -0.05) is 15.9 Å². The molecule has 1 aliphatic heterocycles. The summed E-state index contributed by atoms with van der Waals surface area (Å²) < 4.78 is 28.6. The zero-order valence-corrected chi connectivity index (χ0v) is 15.6. The lowest BCUT2D eigenvalue weighted by Gasteiger charge is -2.34. The van der Waals surface area contributed by atoms with E-state index in [0.717, 1.165) is 58.6 Å². The van der Waals surface area contributed by atoms with Crippen molar-refractivity contribution in [1.82, 2.24) is 4.98 Å². The Bertz CT molecular complexity index is 948. The van der Waals surface area contributed by atoms with Crippen LogP contribution >= 0.6 is 15.9 Å². The van der Waals surface area contributed by atoms with Crippen molar-refractivity contribution >= 4 is 32.5 Å². The first-order chi connectivity index (χ1) is 12.5. The Hall–Kier alpha value is -2.05. The first-order valence-electron chi connectivity index (χ1n) is 8.56. The molecule has 1 fully saturated rings. The number of halogens is 3. The lowest BCUT2D eigenvalue weighted by atomic mass is 9.98. The van der Waals surface area contributed by atoms with Crippen LogP contribution in [0.4, 0.5) is 14.5 Å². The van der Waals surface area contributed by atoms with Gasteiger partial charge in [0.2, 0.25) is 0 Å². The van der Waals surface area contributed by atoms with Crippen molar-refractivity contribution in [3.63, 3.8) is 0 Å². The normalized spacial score (nSPS) is 15.6. The Balaban J connectivity index is 1.95. The quantitative estimate of drug-likeness (QED) is 0.646. The minimum Gasteiger partial charge on any atom is -0.370 e. The van der Waals surface area contributed by atoms with Gasteiger partial charge in [0.05, 0.1) is 11.2 Å². The van der Waals surface area contributed by atoms with E-state index < -0.39 is 11.6 Å². The highest BCUT2D eigenvalue weighted by molar-refractivity contribution is 9.10. The average Bonchev–Trinajstić information content (AvgIpc) is 2.60. The summed E-state index contributed by atoms with van der Waals surface area (Å²) >= 11 is 3.52. The number of benzene rings is 2. The third-order valence-corrected chi connectivity index (χ3v) is 5.32. The first-order valence-corrected chi connectivity index (χ1v) is 9.36. The van der Waals surface area contributed by atoms with Crippen LogP contribution in [0.1, 0.15) is 12.8 Å². The van der Waals surface area contributed by atoms with Gasteiger partial charge in [0, 0.05) is 46.8 Å². The van der Waals surface area contributed by atoms with E-state index >= 15 is 0 Å². The molecule has 26 heavy (non-hydrogen) atoms. The summed E-state index contributed by atoms with van der Waals surface area (Å²) in [5, 5.41) is 0.956. The number of hydrogen-bond acceptors (Lipinski definition) is 3. The third kappa shape index (κ3) is 3.31. The van der Waals surface area contributed by atoms with Crippen LogP contribution in [0.25, 0.3) is 22.0 Å². The molecule has 6 heteroatoms. The Kier molecular flexibility index (Phi) is 4.63. The van der Waals surface area contributed by atoms with Crippen molar-refractivity contribution in [2.24, 2.45) is 5.73 Å². The van der Waals surface area contributed by atoms with Crippen LogP contribution in [0.15, 0.2) is 47.1 Å². The van der Waals surface area contributed by atoms with Gasteiger partial charge in [0.15, 0.2) is 0 Å². The standard InChI is InChI=1S/C20H18BrF2N3/c21-13-1-2-19-17(9-13)20(26-5-3-16(24)4-6-26)18(11-25-19)12-7-14(22)10-15(23)8-12/h1-2,7-11,16H,3-6,24H2. The molecule has 0 atom stereocenters. The molecule has 2 aromatic carbocycles. The highest BCUT2D eigenvalue weighted by Crippen LogP contribution is 2.39. The van der Waals surface area contributed by atoms with Gasteiger partial charge >= 0.3 is 0 Å². The number of anilines is 1. The molecule has 0 radical (unpaired) electrons. The number of aromatic nitrogens is 1. The summed E-state index contributed by atoms with van der Waals surface area (Å²) in [4.78, 5) is 6.76. The molecule has 0 spiro atoms. The maximum Gasteiger partial charge on any atom is 0.126 e. The summed E-state index contributed by atoms with van der Waals surface area (Å²) in [5.41, 5.74) is 9.07. The smallest absolute Gasteiger partial charge is 0.126 e. The molecule has 1 aliphatic rings. The number of fused-ring (bicyclic) bond motifs is 1. The van der Waals surface area contributed by atoms with Crippen molar-refractivity contribution in [2.75, 3.05) is 18.0 Å². The lowest BCUT2D eigenvalue weighted by Crippen LogP contribution is -2.40. The van der Waals surface area contributed by atoms with E-state index in [0.29, 0.717) is 5.56 Å². The van der Waals surface area contributed by atoms with Gasteiger partial charge in [0.25, 0.3) is 0 Å². The van der Waals surface area contributed by atoms with E-state index in [2.05, 4.69) is 25.8 Å². The summed E-state index contributed by atoms with van der Waals surface area (Å²) in [6, 6.07) is 9.66. The molecule has 4 rings (SSSR count). The number of pyridine rings is 1. The Morgan fingerprint density at radius 3 is 2.42 bits per heavy atom. The molecule has 2 N–H and O–H groups in total. The summed E-state index contributed by atoms with van der Waals surface area (Å²) in [7, 11) is 0. The predicted octanol–water partition coefficient (Wildman–Crippen LogP) is 4.87. The van der Waals surface area contributed by atoms with Gasteiger partial charge < -0.3 is 10.6 Å². The highest BCUT2D eigenvalue weighted by atomic mass is 79.9. The van der Waals surface area contributed by atoms with Crippen molar-refractivity contribution in [1.29, 1.82) is 0 Å². The number of piperidine rings is 1. The lowest BCUT2D eigenvalue weighted by molar-refractivity contribution is 0.502. The van der Waals surface area contributed by atoms with Gasteiger partial charge in [0.1, 0.15) is 11.6 Å². The Morgan fingerprint density at radius 2 is 1.73 bits per heavy atom. The van der Waals surface area contributed by atoms with Crippen LogP contribution in [-0.4, -0.2) is 24.1 Å². The predicted molar refractivity (Wildman–Crippen MR) is 104 cm³/mol. The Labute approximate surface area is 159 Å². The number of hydrogen-bond donors (Lipinski definition) is 1. The topological polar surface area (TPSA) is 42.1 Å². The van der Waals surface area contributed by atoms with Crippen molar-refractivity contribution in [3.8, 4) is 11.1 Å². The van der Waals surface area contributed by atoms with Crippen LogP contribution in [0, 0.1) is 11.6 Å².